The fourth-order valence-electron chi connectivity index (χ4n) is 1.68. The highest BCUT2D eigenvalue weighted by Crippen LogP contribution is 2.10. The molecule has 1 atom stereocenters. The molecule has 102 valence electrons. The van der Waals surface area contributed by atoms with Crippen molar-refractivity contribution < 1.29 is 9.13 Å². The zero-order valence-corrected chi connectivity index (χ0v) is 11.6. The van der Waals surface area contributed by atoms with Crippen molar-refractivity contribution in [3.63, 3.8) is 0 Å². The smallest absolute Gasteiger partial charge is 0.128 e. The number of hydrogen-bond donors (Lipinski definition) is 1. The van der Waals surface area contributed by atoms with Gasteiger partial charge in [0.1, 0.15) is 5.82 Å². The average molecular weight is 253 g/mol. The molecule has 0 aliphatic carbocycles. The van der Waals surface area contributed by atoms with Gasteiger partial charge in [-0.25, -0.2) is 4.39 Å². The van der Waals surface area contributed by atoms with Gasteiger partial charge in [-0.1, -0.05) is 39.0 Å². The standard InChI is InChI=1S/C15H24FNO/c1-4-14(10-17-9-12(2)3)18-11-13-7-5-6-8-15(13)16/h5-8,12,14,17H,4,9-11H2,1-3H3. The number of rotatable bonds is 8. The molecule has 0 aliphatic heterocycles. The van der Waals surface area contributed by atoms with Gasteiger partial charge in [0, 0.05) is 12.1 Å². The van der Waals surface area contributed by atoms with Crippen molar-refractivity contribution in [3.8, 4) is 0 Å². The van der Waals surface area contributed by atoms with Crippen molar-refractivity contribution in [2.75, 3.05) is 13.1 Å². The normalized spacial score (nSPS) is 12.9. The van der Waals surface area contributed by atoms with Crippen LogP contribution in [-0.2, 0) is 11.3 Å². The van der Waals surface area contributed by atoms with Crippen molar-refractivity contribution in [2.45, 2.75) is 39.9 Å². The largest absolute Gasteiger partial charge is 0.372 e. The van der Waals surface area contributed by atoms with Crippen molar-refractivity contribution in [3.05, 3.63) is 35.6 Å². The predicted molar refractivity (Wildman–Crippen MR) is 73.0 cm³/mol. The molecule has 1 rings (SSSR count). The number of hydrogen-bond acceptors (Lipinski definition) is 2. The topological polar surface area (TPSA) is 21.3 Å². The maximum atomic E-state index is 13.4. The Morgan fingerprint density at radius 2 is 1.94 bits per heavy atom. The summed E-state index contributed by atoms with van der Waals surface area (Å²) in [7, 11) is 0. The lowest BCUT2D eigenvalue weighted by Gasteiger charge is -2.18. The van der Waals surface area contributed by atoms with Gasteiger partial charge in [-0.3, -0.25) is 0 Å². The summed E-state index contributed by atoms with van der Waals surface area (Å²) in [5.41, 5.74) is 0.625. The molecule has 0 amide bonds. The summed E-state index contributed by atoms with van der Waals surface area (Å²) in [6, 6.07) is 6.76. The van der Waals surface area contributed by atoms with E-state index < -0.39 is 0 Å². The Kier molecular flexibility index (Phi) is 6.91. The lowest BCUT2D eigenvalue weighted by atomic mass is 10.2. The molecule has 1 aromatic rings. The maximum Gasteiger partial charge on any atom is 0.128 e. The Morgan fingerprint density at radius 1 is 1.22 bits per heavy atom. The van der Waals surface area contributed by atoms with Crippen molar-refractivity contribution in [1.29, 1.82) is 0 Å². The zero-order valence-electron chi connectivity index (χ0n) is 11.6. The summed E-state index contributed by atoms with van der Waals surface area (Å²) in [5.74, 6) is 0.441. The summed E-state index contributed by atoms with van der Waals surface area (Å²) >= 11 is 0. The van der Waals surface area contributed by atoms with Crippen LogP contribution in [-0.4, -0.2) is 19.2 Å². The fraction of sp³-hybridized carbons (Fsp3) is 0.600. The van der Waals surface area contributed by atoms with Crippen molar-refractivity contribution >= 4 is 0 Å². The zero-order chi connectivity index (χ0) is 13.4. The van der Waals surface area contributed by atoms with Gasteiger partial charge in [-0.05, 0) is 24.9 Å². The van der Waals surface area contributed by atoms with E-state index in [2.05, 4.69) is 26.1 Å². The minimum atomic E-state index is -0.192. The van der Waals surface area contributed by atoms with E-state index in [1.165, 1.54) is 6.07 Å². The first-order chi connectivity index (χ1) is 8.63. The summed E-state index contributed by atoms with van der Waals surface area (Å²) in [4.78, 5) is 0. The second-order valence-corrected chi connectivity index (χ2v) is 4.98. The molecule has 0 spiro atoms. The van der Waals surface area contributed by atoms with E-state index in [0.29, 0.717) is 18.1 Å². The highest BCUT2D eigenvalue weighted by molar-refractivity contribution is 5.16. The molecule has 1 N–H and O–H groups in total. The van der Waals surface area contributed by atoms with Crippen LogP contribution in [0, 0.1) is 11.7 Å². The van der Waals surface area contributed by atoms with Crippen LogP contribution in [0.25, 0.3) is 0 Å². The van der Waals surface area contributed by atoms with E-state index in [4.69, 9.17) is 4.74 Å². The Labute approximate surface area is 110 Å². The third-order valence-electron chi connectivity index (χ3n) is 2.81. The Bertz CT molecular complexity index is 341. The minimum Gasteiger partial charge on any atom is -0.372 e. The van der Waals surface area contributed by atoms with Crippen molar-refractivity contribution in [2.24, 2.45) is 5.92 Å². The molecule has 3 heteroatoms. The van der Waals surface area contributed by atoms with Gasteiger partial charge in [0.25, 0.3) is 0 Å². The molecule has 2 nitrogen and oxygen atoms in total. The molecule has 0 aliphatic rings. The first kappa shape index (κ1) is 15.1. The number of ether oxygens (including phenoxy) is 1. The molecule has 0 saturated carbocycles. The van der Waals surface area contributed by atoms with E-state index in [-0.39, 0.29) is 11.9 Å². The molecule has 0 aromatic heterocycles. The second kappa shape index (κ2) is 8.22. The highest BCUT2D eigenvalue weighted by Gasteiger charge is 2.08. The van der Waals surface area contributed by atoms with E-state index in [1.807, 2.05) is 6.07 Å². The third-order valence-corrected chi connectivity index (χ3v) is 2.81. The summed E-state index contributed by atoms with van der Waals surface area (Å²) in [6.07, 6.45) is 1.07. The van der Waals surface area contributed by atoms with Gasteiger partial charge < -0.3 is 10.1 Å². The Hall–Kier alpha value is -0.930. The first-order valence-electron chi connectivity index (χ1n) is 6.69. The third kappa shape index (κ3) is 5.61. The number of halogens is 1. The van der Waals surface area contributed by atoms with E-state index in [1.54, 1.807) is 12.1 Å². The first-order valence-corrected chi connectivity index (χ1v) is 6.69. The number of benzene rings is 1. The summed E-state index contributed by atoms with van der Waals surface area (Å²) in [6.45, 7) is 8.59. The van der Waals surface area contributed by atoms with Gasteiger partial charge in [0.05, 0.1) is 12.7 Å². The fourth-order valence-corrected chi connectivity index (χ4v) is 1.68. The van der Waals surface area contributed by atoms with Gasteiger partial charge in [-0.15, -0.1) is 0 Å². The van der Waals surface area contributed by atoms with E-state index in [9.17, 15) is 4.39 Å². The van der Waals surface area contributed by atoms with Crippen LogP contribution < -0.4 is 5.32 Å². The molecule has 1 unspecified atom stereocenters. The average Bonchev–Trinajstić information content (AvgIpc) is 2.35. The molecular weight excluding hydrogens is 229 g/mol. The van der Waals surface area contributed by atoms with E-state index in [0.717, 1.165) is 19.5 Å². The summed E-state index contributed by atoms with van der Waals surface area (Å²) < 4.78 is 19.1. The number of nitrogens with one attached hydrogen (secondary N) is 1. The predicted octanol–water partition coefficient (Wildman–Crippen LogP) is 3.37. The van der Waals surface area contributed by atoms with Crippen LogP contribution in [0.15, 0.2) is 24.3 Å². The molecule has 1 aromatic carbocycles. The summed E-state index contributed by atoms with van der Waals surface area (Å²) in [5, 5.41) is 3.37. The van der Waals surface area contributed by atoms with Crippen LogP contribution in [0.2, 0.25) is 0 Å². The van der Waals surface area contributed by atoms with Crippen LogP contribution in [0.1, 0.15) is 32.8 Å². The van der Waals surface area contributed by atoms with Gasteiger partial charge in [0.2, 0.25) is 0 Å². The molecular formula is C15H24FNO. The maximum absolute atomic E-state index is 13.4. The molecule has 18 heavy (non-hydrogen) atoms. The molecule has 0 saturated heterocycles. The Balaban J connectivity index is 2.33. The highest BCUT2D eigenvalue weighted by atomic mass is 19.1. The quantitative estimate of drug-likeness (QED) is 0.767. The molecule has 0 bridgehead atoms. The van der Waals surface area contributed by atoms with Gasteiger partial charge in [-0.2, -0.15) is 0 Å². The lowest BCUT2D eigenvalue weighted by molar-refractivity contribution is 0.0366. The molecule has 0 fully saturated rings. The Morgan fingerprint density at radius 3 is 2.56 bits per heavy atom. The van der Waals surface area contributed by atoms with Crippen LogP contribution in [0.4, 0.5) is 4.39 Å². The van der Waals surface area contributed by atoms with Crippen LogP contribution in [0.5, 0.6) is 0 Å². The second-order valence-electron chi connectivity index (χ2n) is 4.98. The SMILES string of the molecule is CCC(CNCC(C)C)OCc1ccccc1F. The van der Waals surface area contributed by atoms with E-state index >= 15 is 0 Å². The van der Waals surface area contributed by atoms with Crippen LogP contribution >= 0.6 is 0 Å². The monoisotopic (exact) mass is 253 g/mol. The van der Waals surface area contributed by atoms with Gasteiger partial charge in [0.15, 0.2) is 0 Å². The molecule has 0 heterocycles. The van der Waals surface area contributed by atoms with Crippen molar-refractivity contribution in [1.82, 2.24) is 5.32 Å². The minimum absolute atomic E-state index is 0.142. The van der Waals surface area contributed by atoms with Gasteiger partial charge >= 0.3 is 0 Å². The molecule has 0 radical (unpaired) electrons. The lowest BCUT2D eigenvalue weighted by Crippen LogP contribution is -2.31. The van der Waals surface area contributed by atoms with Crippen LogP contribution in [0.3, 0.4) is 0 Å².